The summed E-state index contributed by atoms with van der Waals surface area (Å²) in [6.07, 6.45) is 3.39. The standard InChI is InChI=1S/C21H21BrN4O3S/c22-19-6-2-1-5-17(19)15-26-20(11-12-23-26)24-21(27)16-7-9-18(10-8-16)30(28,29)25-13-3-4-14-25/h1-2,5-12H,3-4,13-15H2,(H,24,27). The van der Waals surface area contributed by atoms with E-state index in [1.807, 2.05) is 24.3 Å². The average molecular weight is 489 g/mol. The van der Waals surface area contributed by atoms with Crippen LogP contribution in [-0.2, 0) is 16.6 Å². The van der Waals surface area contributed by atoms with Crippen LogP contribution in [0.3, 0.4) is 0 Å². The van der Waals surface area contributed by atoms with Crippen molar-refractivity contribution in [1.29, 1.82) is 0 Å². The number of aromatic nitrogens is 2. The minimum absolute atomic E-state index is 0.208. The molecule has 0 atom stereocenters. The number of benzene rings is 2. The molecule has 1 amide bonds. The van der Waals surface area contributed by atoms with E-state index >= 15 is 0 Å². The number of halogens is 1. The van der Waals surface area contributed by atoms with Crippen LogP contribution < -0.4 is 5.32 Å². The van der Waals surface area contributed by atoms with Crippen molar-refractivity contribution in [1.82, 2.24) is 14.1 Å². The highest BCUT2D eigenvalue weighted by Gasteiger charge is 2.27. The van der Waals surface area contributed by atoms with Crippen LogP contribution >= 0.6 is 15.9 Å². The molecule has 0 unspecified atom stereocenters. The number of amides is 1. The Morgan fingerprint density at radius 3 is 2.43 bits per heavy atom. The molecule has 0 saturated carbocycles. The molecule has 156 valence electrons. The molecule has 9 heteroatoms. The first-order valence-corrected chi connectivity index (χ1v) is 11.9. The number of nitrogens with zero attached hydrogens (tertiary/aromatic N) is 3. The largest absolute Gasteiger partial charge is 0.307 e. The lowest BCUT2D eigenvalue weighted by Crippen LogP contribution is -2.27. The first-order valence-electron chi connectivity index (χ1n) is 9.62. The Balaban J connectivity index is 1.47. The minimum atomic E-state index is -3.49. The normalized spacial score (nSPS) is 14.7. The molecule has 1 fully saturated rings. The summed E-state index contributed by atoms with van der Waals surface area (Å²) < 4.78 is 29.4. The Hall–Kier alpha value is -2.49. The third kappa shape index (κ3) is 4.33. The maximum atomic E-state index is 12.7. The summed E-state index contributed by atoms with van der Waals surface area (Å²) in [5, 5.41) is 7.13. The number of nitrogens with one attached hydrogen (secondary N) is 1. The third-order valence-corrected chi connectivity index (χ3v) is 7.74. The van der Waals surface area contributed by atoms with Gasteiger partial charge in [0.25, 0.3) is 5.91 Å². The highest BCUT2D eigenvalue weighted by molar-refractivity contribution is 9.10. The molecule has 2 aromatic carbocycles. The van der Waals surface area contributed by atoms with Gasteiger partial charge in [0, 0.05) is 29.2 Å². The summed E-state index contributed by atoms with van der Waals surface area (Å²) in [4.78, 5) is 12.9. The zero-order chi connectivity index (χ0) is 21.1. The second-order valence-corrected chi connectivity index (χ2v) is 9.85. The number of carbonyl (C=O) groups excluding carboxylic acids is 1. The Labute approximate surface area is 183 Å². The molecule has 3 aromatic rings. The number of sulfonamides is 1. The van der Waals surface area contributed by atoms with Gasteiger partial charge in [-0.05, 0) is 48.7 Å². The van der Waals surface area contributed by atoms with Crippen molar-refractivity contribution in [2.45, 2.75) is 24.3 Å². The molecule has 0 spiro atoms. The van der Waals surface area contributed by atoms with Crippen molar-refractivity contribution in [3.63, 3.8) is 0 Å². The highest BCUT2D eigenvalue weighted by Crippen LogP contribution is 2.22. The molecule has 0 bridgehead atoms. The molecule has 1 aliphatic heterocycles. The SMILES string of the molecule is O=C(Nc1ccnn1Cc1ccccc1Br)c1ccc(S(=O)(=O)N2CCCC2)cc1. The second kappa shape index (κ2) is 8.71. The second-order valence-electron chi connectivity index (χ2n) is 7.06. The van der Waals surface area contributed by atoms with Gasteiger partial charge in [0.2, 0.25) is 10.0 Å². The topological polar surface area (TPSA) is 84.3 Å². The smallest absolute Gasteiger partial charge is 0.256 e. The lowest BCUT2D eigenvalue weighted by molar-refractivity contribution is 0.102. The fourth-order valence-electron chi connectivity index (χ4n) is 3.40. The summed E-state index contributed by atoms with van der Waals surface area (Å²) in [5.41, 5.74) is 1.41. The molecule has 1 saturated heterocycles. The van der Waals surface area contributed by atoms with E-state index in [1.54, 1.807) is 16.9 Å². The first kappa shape index (κ1) is 20.8. The van der Waals surface area contributed by atoms with Crippen molar-refractivity contribution in [3.05, 3.63) is 76.4 Å². The van der Waals surface area contributed by atoms with Gasteiger partial charge in [-0.15, -0.1) is 0 Å². The van der Waals surface area contributed by atoms with Crippen molar-refractivity contribution >= 4 is 37.7 Å². The van der Waals surface area contributed by atoms with Gasteiger partial charge in [-0.3, -0.25) is 4.79 Å². The fraction of sp³-hybridized carbons (Fsp3) is 0.238. The summed E-state index contributed by atoms with van der Waals surface area (Å²) in [5.74, 6) is 0.235. The molecular formula is C21H21BrN4O3S. The van der Waals surface area contributed by atoms with E-state index in [9.17, 15) is 13.2 Å². The van der Waals surface area contributed by atoms with Crippen LogP contribution in [0.1, 0.15) is 28.8 Å². The summed E-state index contributed by atoms with van der Waals surface area (Å²) in [6, 6.07) is 15.6. The maximum absolute atomic E-state index is 12.7. The summed E-state index contributed by atoms with van der Waals surface area (Å²) in [6.45, 7) is 1.59. The number of anilines is 1. The van der Waals surface area contributed by atoms with Gasteiger partial charge in [0.15, 0.2) is 0 Å². The number of hydrogen-bond acceptors (Lipinski definition) is 4. The van der Waals surface area contributed by atoms with E-state index in [0.717, 1.165) is 22.9 Å². The van der Waals surface area contributed by atoms with Crippen LogP contribution in [-0.4, -0.2) is 41.5 Å². The van der Waals surface area contributed by atoms with E-state index in [2.05, 4.69) is 26.3 Å². The zero-order valence-corrected chi connectivity index (χ0v) is 18.6. The van der Waals surface area contributed by atoms with Gasteiger partial charge in [-0.25, -0.2) is 13.1 Å². The molecule has 1 aromatic heterocycles. The van der Waals surface area contributed by atoms with Gasteiger partial charge in [-0.1, -0.05) is 34.1 Å². The Bertz CT molecular complexity index is 1150. The molecular weight excluding hydrogens is 468 g/mol. The van der Waals surface area contributed by atoms with E-state index in [4.69, 9.17) is 0 Å². The molecule has 1 aliphatic rings. The Morgan fingerprint density at radius 2 is 1.73 bits per heavy atom. The van der Waals surface area contributed by atoms with Crippen molar-refractivity contribution in [2.75, 3.05) is 18.4 Å². The summed E-state index contributed by atoms with van der Waals surface area (Å²) >= 11 is 3.52. The average Bonchev–Trinajstić information content (AvgIpc) is 3.43. The van der Waals surface area contributed by atoms with Crippen LogP contribution in [0.25, 0.3) is 0 Å². The monoisotopic (exact) mass is 488 g/mol. The lowest BCUT2D eigenvalue weighted by Gasteiger charge is -2.15. The molecule has 2 heterocycles. The minimum Gasteiger partial charge on any atom is -0.307 e. The number of rotatable bonds is 6. The zero-order valence-electron chi connectivity index (χ0n) is 16.2. The van der Waals surface area contributed by atoms with Crippen LogP contribution in [0.5, 0.6) is 0 Å². The van der Waals surface area contributed by atoms with Crippen LogP contribution in [0, 0.1) is 0 Å². The predicted octanol–water partition coefficient (Wildman–Crippen LogP) is 3.73. The van der Waals surface area contributed by atoms with Gasteiger partial charge in [-0.2, -0.15) is 9.40 Å². The quantitative estimate of drug-likeness (QED) is 0.572. The van der Waals surface area contributed by atoms with Gasteiger partial charge in [0.05, 0.1) is 17.6 Å². The fourth-order valence-corrected chi connectivity index (χ4v) is 5.32. The number of hydrogen-bond donors (Lipinski definition) is 1. The van der Waals surface area contributed by atoms with Gasteiger partial charge in [0.1, 0.15) is 5.82 Å². The molecule has 0 radical (unpaired) electrons. The molecule has 1 N–H and O–H groups in total. The van der Waals surface area contributed by atoms with E-state index in [0.29, 0.717) is 31.0 Å². The lowest BCUT2D eigenvalue weighted by atomic mass is 10.2. The van der Waals surface area contributed by atoms with Crippen LogP contribution in [0.15, 0.2) is 70.2 Å². The van der Waals surface area contributed by atoms with Crippen molar-refractivity contribution < 1.29 is 13.2 Å². The Kier molecular flexibility index (Phi) is 6.03. The molecule has 30 heavy (non-hydrogen) atoms. The molecule has 7 nitrogen and oxygen atoms in total. The van der Waals surface area contributed by atoms with E-state index < -0.39 is 10.0 Å². The first-order chi connectivity index (χ1) is 14.4. The predicted molar refractivity (Wildman–Crippen MR) is 118 cm³/mol. The molecule has 4 rings (SSSR count). The van der Waals surface area contributed by atoms with Crippen LogP contribution in [0.4, 0.5) is 5.82 Å². The molecule has 0 aliphatic carbocycles. The van der Waals surface area contributed by atoms with Gasteiger partial charge < -0.3 is 5.32 Å². The van der Waals surface area contributed by atoms with Gasteiger partial charge >= 0.3 is 0 Å². The highest BCUT2D eigenvalue weighted by atomic mass is 79.9. The van der Waals surface area contributed by atoms with E-state index in [-0.39, 0.29) is 10.8 Å². The van der Waals surface area contributed by atoms with E-state index in [1.165, 1.54) is 28.6 Å². The van der Waals surface area contributed by atoms with Crippen molar-refractivity contribution in [3.8, 4) is 0 Å². The van der Waals surface area contributed by atoms with Crippen molar-refractivity contribution in [2.24, 2.45) is 0 Å². The third-order valence-electron chi connectivity index (χ3n) is 5.06. The summed E-state index contributed by atoms with van der Waals surface area (Å²) in [7, 11) is -3.49. The maximum Gasteiger partial charge on any atom is 0.256 e. The Morgan fingerprint density at radius 1 is 1.03 bits per heavy atom. The number of carbonyl (C=O) groups is 1. The van der Waals surface area contributed by atoms with Crippen LogP contribution in [0.2, 0.25) is 0 Å².